The molecule has 0 amide bonds. The molecule has 0 bridgehead atoms. The Kier molecular flexibility index (Phi) is 5.03. The summed E-state index contributed by atoms with van der Waals surface area (Å²) in [6.45, 7) is 0. The minimum absolute atomic E-state index is 0.947. The molecule has 1 heterocycles. The van der Waals surface area contributed by atoms with Gasteiger partial charge in [0.2, 0.25) is 0 Å². The summed E-state index contributed by atoms with van der Waals surface area (Å²) in [6, 6.07) is 57.1. The Morgan fingerprint density at radius 3 is 1.64 bits per heavy atom. The van der Waals surface area contributed by atoms with Crippen LogP contribution in [0.4, 0.5) is 0 Å². The molecule has 1 aromatic heterocycles. The molecule has 0 atom stereocenters. The lowest BCUT2D eigenvalue weighted by Gasteiger charge is -2.21. The maximum absolute atomic E-state index is 5.20. The molecule has 1 aliphatic carbocycles. The first-order valence-electron chi connectivity index (χ1n) is 15.5. The predicted molar refractivity (Wildman–Crippen MR) is 189 cm³/mol. The number of para-hydroxylation sites is 2. The van der Waals surface area contributed by atoms with Gasteiger partial charge in [-0.15, -0.1) is 0 Å². The van der Waals surface area contributed by atoms with Gasteiger partial charge in [-0.25, -0.2) is 4.98 Å². The van der Waals surface area contributed by atoms with Crippen LogP contribution < -0.4 is 0 Å². The summed E-state index contributed by atoms with van der Waals surface area (Å²) in [5, 5.41) is 7.53. The molecule has 8 aromatic carbocycles. The first kappa shape index (κ1) is 24.5. The number of rotatable bonds is 3. The normalized spacial score (nSPS) is 12.0. The molecule has 0 fully saturated rings. The van der Waals surface area contributed by atoms with Crippen molar-refractivity contribution >= 4 is 43.4 Å². The molecule has 0 saturated carbocycles. The van der Waals surface area contributed by atoms with Crippen molar-refractivity contribution < 1.29 is 0 Å². The zero-order chi connectivity index (χ0) is 29.5. The highest BCUT2D eigenvalue weighted by molar-refractivity contribution is 6.25. The van der Waals surface area contributed by atoms with Crippen LogP contribution in [-0.4, -0.2) is 9.55 Å². The van der Waals surface area contributed by atoms with Gasteiger partial charge in [-0.2, -0.15) is 0 Å². The van der Waals surface area contributed by atoms with Gasteiger partial charge in [0.15, 0.2) is 0 Å². The minimum Gasteiger partial charge on any atom is -0.291 e. The lowest BCUT2D eigenvalue weighted by Crippen LogP contribution is -2.01. The fraction of sp³-hybridized carbons (Fsp3) is 0. The standard InChI is InChI=1S/C43H26N2/c1-2-13-27(14-3-1)43-44-38-23-10-11-24-39(38)45(43)42-36-19-8-6-17-32(36)41(33-18-7-9-20-37(33)42)35-26-25-34-29-16-5-4-15-28(29)30-21-12-22-31(35)40(30)34/h1-26H. The van der Waals surface area contributed by atoms with Crippen LogP contribution >= 0.6 is 0 Å². The molecule has 0 radical (unpaired) electrons. The summed E-state index contributed by atoms with van der Waals surface area (Å²) in [6.07, 6.45) is 0. The van der Waals surface area contributed by atoms with Gasteiger partial charge in [-0.3, -0.25) is 4.57 Å². The van der Waals surface area contributed by atoms with Crippen molar-refractivity contribution in [3.05, 3.63) is 158 Å². The number of nitrogens with zero attached hydrogens (tertiary/aromatic N) is 2. The Balaban J connectivity index is 1.36. The summed E-state index contributed by atoms with van der Waals surface area (Å²) >= 11 is 0. The SMILES string of the molecule is c1ccc(-c2nc3ccccc3n2-c2c3ccccc3c(-c3ccc4c5c(cccc35)-c3ccccc3-4)c3ccccc23)cc1. The van der Waals surface area contributed by atoms with Gasteiger partial charge in [0.05, 0.1) is 16.7 Å². The van der Waals surface area contributed by atoms with Gasteiger partial charge >= 0.3 is 0 Å². The van der Waals surface area contributed by atoms with Crippen molar-refractivity contribution in [2.45, 2.75) is 0 Å². The van der Waals surface area contributed by atoms with E-state index in [0.717, 1.165) is 28.1 Å². The van der Waals surface area contributed by atoms with Crippen LogP contribution in [-0.2, 0) is 0 Å². The van der Waals surface area contributed by atoms with Crippen molar-refractivity contribution in [2.75, 3.05) is 0 Å². The van der Waals surface area contributed by atoms with Gasteiger partial charge in [0, 0.05) is 16.3 Å². The number of fused-ring (bicyclic) bond motifs is 6. The molecular formula is C43H26N2. The van der Waals surface area contributed by atoms with Gasteiger partial charge in [-0.1, -0.05) is 146 Å². The lowest BCUT2D eigenvalue weighted by molar-refractivity contribution is 1.13. The molecule has 9 aromatic rings. The van der Waals surface area contributed by atoms with E-state index in [-0.39, 0.29) is 0 Å². The van der Waals surface area contributed by atoms with Crippen molar-refractivity contribution in [3.63, 3.8) is 0 Å². The van der Waals surface area contributed by atoms with Crippen molar-refractivity contribution in [2.24, 2.45) is 0 Å². The van der Waals surface area contributed by atoms with Crippen molar-refractivity contribution in [1.29, 1.82) is 0 Å². The number of aromatic nitrogens is 2. The highest BCUT2D eigenvalue weighted by atomic mass is 15.1. The number of hydrogen-bond donors (Lipinski definition) is 0. The van der Waals surface area contributed by atoms with Crippen molar-refractivity contribution in [3.8, 4) is 50.5 Å². The van der Waals surface area contributed by atoms with E-state index in [2.05, 4.69) is 162 Å². The van der Waals surface area contributed by atoms with E-state index in [1.165, 1.54) is 65.7 Å². The van der Waals surface area contributed by atoms with E-state index in [4.69, 9.17) is 4.98 Å². The summed E-state index contributed by atoms with van der Waals surface area (Å²) in [5.74, 6) is 0.947. The molecule has 45 heavy (non-hydrogen) atoms. The van der Waals surface area contributed by atoms with Gasteiger partial charge in [0.25, 0.3) is 0 Å². The van der Waals surface area contributed by atoms with Crippen LogP contribution in [0.2, 0.25) is 0 Å². The van der Waals surface area contributed by atoms with E-state index in [0.29, 0.717) is 0 Å². The van der Waals surface area contributed by atoms with Gasteiger partial charge in [0.1, 0.15) is 5.82 Å². The smallest absolute Gasteiger partial charge is 0.145 e. The molecule has 0 saturated heterocycles. The largest absolute Gasteiger partial charge is 0.291 e. The van der Waals surface area contributed by atoms with Crippen LogP contribution in [0.25, 0.3) is 93.8 Å². The molecule has 1 aliphatic rings. The maximum atomic E-state index is 5.20. The van der Waals surface area contributed by atoms with E-state index >= 15 is 0 Å². The second-order valence-corrected chi connectivity index (χ2v) is 11.9. The third-order valence-corrected chi connectivity index (χ3v) is 9.54. The molecule has 10 rings (SSSR count). The first-order chi connectivity index (χ1) is 22.4. The Hall–Kier alpha value is -5.99. The van der Waals surface area contributed by atoms with Crippen LogP contribution in [0.1, 0.15) is 0 Å². The average molecular weight is 571 g/mol. The van der Waals surface area contributed by atoms with E-state index < -0.39 is 0 Å². The van der Waals surface area contributed by atoms with E-state index in [1.807, 2.05) is 0 Å². The third kappa shape index (κ3) is 3.37. The fourth-order valence-electron chi connectivity index (χ4n) is 7.70. The minimum atomic E-state index is 0.947. The van der Waals surface area contributed by atoms with Crippen molar-refractivity contribution in [1.82, 2.24) is 9.55 Å². The van der Waals surface area contributed by atoms with E-state index in [1.54, 1.807) is 0 Å². The Morgan fingerprint density at radius 2 is 0.911 bits per heavy atom. The quantitative estimate of drug-likeness (QED) is 0.193. The predicted octanol–water partition coefficient (Wildman–Crippen LogP) is 11.5. The summed E-state index contributed by atoms with van der Waals surface area (Å²) in [4.78, 5) is 5.20. The van der Waals surface area contributed by atoms with Crippen LogP contribution in [0.3, 0.4) is 0 Å². The van der Waals surface area contributed by atoms with Crippen LogP contribution in [0.15, 0.2) is 158 Å². The monoisotopic (exact) mass is 570 g/mol. The Bertz CT molecular complexity index is 2560. The molecular weight excluding hydrogens is 544 g/mol. The second kappa shape index (κ2) is 9.25. The second-order valence-electron chi connectivity index (χ2n) is 11.9. The fourth-order valence-corrected chi connectivity index (χ4v) is 7.70. The van der Waals surface area contributed by atoms with Gasteiger partial charge < -0.3 is 0 Å². The highest BCUT2D eigenvalue weighted by Gasteiger charge is 2.25. The molecule has 208 valence electrons. The molecule has 0 N–H and O–H groups in total. The molecule has 0 aliphatic heterocycles. The summed E-state index contributed by atoms with van der Waals surface area (Å²) < 4.78 is 2.38. The summed E-state index contributed by atoms with van der Waals surface area (Å²) in [5.41, 5.74) is 12.2. The Morgan fingerprint density at radius 1 is 0.378 bits per heavy atom. The van der Waals surface area contributed by atoms with E-state index in [9.17, 15) is 0 Å². The topological polar surface area (TPSA) is 17.8 Å². The van der Waals surface area contributed by atoms with Crippen LogP contribution in [0.5, 0.6) is 0 Å². The van der Waals surface area contributed by atoms with Crippen LogP contribution in [0, 0.1) is 0 Å². The van der Waals surface area contributed by atoms with Gasteiger partial charge in [-0.05, 0) is 67.1 Å². The zero-order valence-corrected chi connectivity index (χ0v) is 24.4. The molecule has 2 nitrogen and oxygen atoms in total. The maximum Gasteiger partial charge on any atom is 0.145 e. The zero-order valence-electron chi connectivity index (χ0n) is 24.4. The number of imidazole rings is 1. The summed E-state index contributed by atoms with van der Waals surface area (Å²) in [7, 11) is 0. The highest BCUT2D eigenvalue weighted by Crippen LogP contribution is 2.51. The first-order valence-corrected chi connectivity index (χ1v) is 15.5. The molecule has 2 heteroatoms. The molecule has 0 spiro atoms. The number of hydrogen-bond acceptors (Lipinski definition) is 1. The average Bonchev–Trinajstić information content (AvgIpc) is 3.65. The molecule has 0 unspecified atom stereocenters. The Labute approximate surface area is 260 Å². The lowest BCUT2D eigenvalue weighted by atomic mass is 9.87. The number of benzene rings is 8. The third-order valence-electron chi connectivity index (χ3n) is 9.54.